The van der Waals surface area contributed by atoms with Crippen molar-refractivity contribution in [3.63, 3.8) is 0 Å². The fourth-order valence-electron chi connectivity index (χ4n) is 2.02. The van der Waals surface area contributed by atoms with Crippen LogP contribution < -0.4 is 5.73 Å². The highest BCUT2D eigenvalue weighted by Crippen LogP contribution is 2.18. The minimum absolute atomic E-state index is 0.216. The lowest BCUT2D eigenvalue weighted by atomic mass is 9.98. The van der Waals surface area contributed by atoms with Gasteiger partial charge in [-0.1, -0.05) is 67.7 Å². The van der Waals surface area contributed by atoms with Gasteiger partial charge in [-0.05, 0) is 51.3 Å². The van der Waals surface area contributed by atoms with Gasteiger partial charge in [0.15, 0.2) is 0 Å². The van der Waals surface area contributed by atoms with Crippen LogP contribution in [0, 0.1) is 5.92 Å². The molecule has 22 heavy (non-hydrogen) atoms. The van der Waals surface area contributed by atoms with E-state index in [1.807, 2.05) is 51.2 Å². The zero-order valence-corrected chi connectivity index (χ0v) is 14.8. The summed E-state index contributed by atoms with van der Waals surface area (Å²) in [4.78, 5) is 0. The van der Waals surface area contributed by atoms with Crippen LogP contribution >= 0.6 is 0 Å². The van der Waals surface area contributed by atoms with Crippen molar-refractivity contribution >= 4 is 0 Å². The molecule has 1 atom stereocenters. The van der Waals surface area contributed by atoms with Gasteiger partial charge in [-0.3, -0.25) is 0 Å². The first-order chi connectivity index (χ1) is 10.5. The summed E-state index contributed by atoms with van der Waals surface area (Å²) in [6.45, 7) is 14.2. The highest BCUT2D eigenvalue weighted by atomic mass is 14.6. The maximum Gasteiger partial charge on any atom is 0.0154 e. The summed E-state index contributed by atoms with van der Waals surface area (Å²) in [6.07, 6.45) is 19.4. The number of nitrogens with two attached hydrogens (primary N) is 1. The van der Waals surface area contributed by atoms with Crippen molar-refractivity contribution < 1.29 is 0 Å². The number of allylic oxidation sites excluding steroid dienone is 12. The molecular formula is C21H31N. The average Bonchev–Trinajstić information content (AvgIpc) is 2.51. The third-order valence-electron chi connectivity index (χ3n) is 3.39. The maximum atomic E-state index is 6.27. The molecule has 0 fully saturated rings. The molecule has 0 aromatic rings. The Morgan fingerprint density at radius 3 is 2.32 bits per heavy atom. The lowest BCUT2D eigenvalue weighted by molar-refractivity contribution is 0.831. The number of rotatable bonds is 8. The van der Waals surface area contributed by atoms with Crippen LogP contribution in [0.2, 0.25) is 0 Å². The summed E-state index contributed by atoms with van der Waals surface area (Å²) in [7, 11) is 0. The average molecular weight is 297 g/mol. The first-order valence-corrected chi connectivity index (χ1v) is 7.87. The molecule has 0 saturated heterocycles. The van der Waals surface area contributed by atoms with Gasteiger partial charge in [0.05, 0.1) is 0 Å². The van der Waals surface area contributed by atoms with Crippen LogP contribution in [0.1, 0.15) is 41.0 Å². The largest absolute Gasteiger partial charge is 0.402 e. The second-order valence-electron chi connectivity index (χ2n) is 5.32. The van der Waals surface area contributed by atoms with Gasteiger partial charge >= 0.3 is 0 Å². The van der Waals surface area contributed by atoms with Crippen LogP contribution in [-0.2, 0) is 0 Å². The molecule has 0 amide bonds. The molecule has 2 N–H and O–H groups in total. The van der Waals surface area contributed by atoms with Gasteiger partial charge in [-0.25, -0.2) is 0 Å². The van der Waals surface area contributed by atoms with Gasteiger partial charge in [-0.15, -0.1) is 0 Å². The molecule has 120 valence electrons. The molecule has 0 aliphatic carbocycles. The molecule has 0 spiro atoms. The van der Waals surface area contributed by atoms with Crippen molar-refractivity contribution in [3.8, 4) is 0 Å². The Balaban J connectivity index is 5.26. The molecule has 0 radical (unpaired) electrons. The predicted octanol–water partition coefficient (Wildman–Crippen LogP) is 6.01. The minimum Gasteiger partial charge on any atom is -0.402 e. The van der Waals surface area contributed by atoms with E-state index in [0.717, 1.165) is 23.3 Å². The molecule has 0 saturated carbocycles. The van der Waals surface area contributed by atoms with E-state index in [0.29, 0.717) is 0 Å². The van der Waals surface area contributed by atoms with Gasteiger partial charge in [0.2, 0.25) is 0 Å². The fourth-order valence-corrected chi connectivity index (χ4v) is 2.02. The summed E-state index contributed by atoms with van der Waals surface area (Å²) in [6, 6.07) is 0. The Labute approximate surface area is 137 Å². The Bertz CT molecular complexity index is 522. The molecule has 0 aliphatic heterocycles. The van der Waals surface area contributed by atoms with Crippen molar-refractivity contribution in [2.24, 2.45) is 11.7 Å². The molecule has 1 nitrogen and oxygen atoms in total. The van der Waals surface area contributed by atoms with E-state index in [-0.39, 0.29) is 5.92 Å². The third kappa shape index (κ3) is 7.68. The summed E-state index contributed by atoms with van der Waals surface area (Å²) in [5.41, 5.74) is 10.6. The molecule has 0 aliphatic rings. The van der Waals surface area contributed by atoms with Crippen LogP contribution in [0.25, 0.3) is 0 Å². The van der Waals surface area contributed by atoms with Gasteiger partial charge in [-0.2, -0.15) is 0 Å². The second kappa shape index (κ2) is 11.6. The Morgan fingerprint density at radius 2 is 1.82 bits per heavy atom. The normalized spacial score (nSPS) is 16.6. The Hall–Kier alpha value is -2.02. The Kier molecular flexibility index (Phi) is 10.6. The summed E-state index contributed by atoms with van der Waals surface area (Å²) < 4.78 is 0. The lowest BCUT2D eigenvalue weighted by Gasteiger charge is -2.11. The zero-order valence-electron chi connectivity index (χ0n) is 14.8. The standard InChI is InChI=1S/C21H31N/c1-7-11-13-17(5)15-18(6)21(22)16-20(10-4)19(9-3)14-12-8-2/h7-12,14-16,18H,3,13,22H2,1-2,4-6H3/b11-7-,12-8-,17-15-,19-14+,20-10+,21-16-. The van der Waals surface area contributed by atoms with E-state index in [2.05, 4.69) is 44.7 Å². The van der Waals surface area contributed by atoms with Crippen molar-refractivity contribution in [1.82, 2.24) is 0 Å². The lowest BCUT2D eigenvalue weighted by Crippen LogP contribution is -2.07. The molecule has 0 bridgehead atoms. The van der Waals surface area contributed by atoms with Crippen molar-refractivity contribution in [3.05, 3.63) is 83.7 Å². The van der Waals surface area contributed by atoms with E-state index in [4.69, 9.17) is 5.73 Å². The van der Waals surface area contributed by atoms with E-state index < -0.39 is 0 Å². The van der Waals surface area contributed by atoms with Crippen LogP contribution in [0.15, 0.2) is 83.7 Å². The van der Waals surface area contributed by atoms with Crippen LogP contribution in [0.3, 0.4) is 0 Å². The summed E-state index contributed by atoms with van der Waals surface area (Å²) in [5, 5.41) is 0. The van der Waals surface area contributed by atoms with E-state index >= 15 is 0 Å². The van der Waals surface area contributed by atoms with Crippen molar-refractivity contribution in [2.75, 3.05) is 0 Å². The zero-order chi connectivity index (χ0) is 17.0. The molecule has 0 rings (SSSR count). The van der Waals surface area contributed by atoms with Gasteiger partial charge < -0.3 is 5.73 Å². The molecule has 0 heterocycles. The molecule has 0 aromatic heterocycles. The summed E-state index contributed by atoms with van der Waals surface area (Å²) >= 11 is 0. The SMILES string of the molecule is C=CC(=C\C=C/C)/C(/C=C(\N)C(C)/C=C(/C)C/C=C\C)=C/C. The van der Waals surface area contributed by atoms with E-state index in [9.17, 15) is 0 Å². The molecule has 0 aromatic carbocycles. The Morgan fingerprint density at radius 1 is 1.14 bits per heavy atom. The molecule has 1 heteroatoms. The quantitative estimate of drug-likeness (QED) is 0.431. The van der Waals surface area contributed by atoms with Crippen LogP contribution in [0.5, 0.6) is 0 Å². The molecular weight excluding hydrogens is 266 g/mol. The van der Waals surface area contributed by atoms with E-state index in [1.54, 1.807) is 0 Å². The van der Waals surface area contributed by atoms with Crippen LogP contribution in [0.4, 0.5) is 0 Å². The minimum atomic E-state index is 0.216. The topological polar surface area (TPSA) is 26.0 Å². The van der Waals surface area contributed by atoms with Crippen molar-refractivity contribution in [2.45, 2.75) is 41.0 Å². The van der Waals surface area contributed by atoms with Crippen LogP contribution in [-0.4, -0.2) is 0 Å². The van der Waals surface area contributed by atoms with Gasteiger partial charge in [0.1, 0.15) is 0 Å². The monoisotopic (exact) mass is 297 g/mol. The van der Waals surface area contributed by atoms with E-state index in [1.165, 1.54) is 5.57 Å². The first kappa shape index (κ1) is 20.0. The van der Waals surface area contributed by atoms with Gasteiger partial charge in [0, 0.05) is 11.6 Å². The maximum absolute atomic E-state index is 6.27. The predicted molar refractivity (Wildman–Crippen MR) is 101 cm³/mol. The number of hydrogen-bond acceptors (Lipinski definition) is 1. The summed E-state index contributed by atoms with van der Waals surface area (Å²) in [5.74, 6) is 0.216. The first-order valence-electron chi connectivity index (χ1n) is 7.87. The smallest absolute Gasteiger partial charge is 0.0154 e. The highest BCUT2D eigenvalue weighted by Gasteiger charge is 2.05. The van der Waals surface area contributed by atoms with Crippen molar-refractivity contribution in [1.29, 1.82) is 0 Å². The fraction of sp³-hybridized carbons (Fsp3) is 0.333. The molecule has 1 unspecified atom stereocenters. The number of hydrogen-bond donors (Lipinski definition) is 1. The highest BCUT2D eigenvalue weighted by molar-refractivity contribution is 5.48. The second-order valence-corrected chi connectivity index (χ2v) is 5.32. The van der Waals surface area contributed by atoms with Gasteiger partial charge in [0.25, 0.3) is 0 Å². The third-order valence-corrected chi connectivity index (χ3v) is 3.39.